The molecule has 1 aromatic carbocycles. The Labute approximate surface area is 124 Å². The second-order valence-corrected chi connectivity index (χ2v) is 5.17. The van der Waals surface area contributed by atoms with Crippen LogP contribution in [0.5, 0.6) is 5.75 Å². The van der Waals surface area contributed by atoms with Gasteiger partial charge in [0, 0.05) is 12.4 Å². The third kappa shape index (κ3) is 4.31. The van der Waals surface area contributed by atoms with Crippen LogP contribution in [0.4, 0.5) is 0 Å². The lowest BCUT2D eigenvalue weighted by atomic mass is 9.93. The highest BCUT2D eigenvalue weighted by molar-refractivity contribution is 5.71. The van der Waals surface area contributed by atoms with Crippen molar-refractivity contribution in [3.05, 3.63) is 59.4 Å². The molecule has 0 fully saturated rings. The number of hydrogen-bond acceptors (Lipinski definition) is 3. The van der Waals surface area contributed by atoms with E-state index in [1.165, 1.54) is 0 Å². The molecule has 2 aromatic rings. The number of carbonyl (C=O) groups is 1. The van der Waals surface area contributed by atoms with Crippen LogP contribution in [0.15, 0.2) is 42.7 Å². The SMILES string of the molecule is COc1cccc(CC(Cc2cncc(C)c2)C(=O)O)c1. The Morgan fingerprint density at radius 3 is 2.67 bits per heavy atom. The fraction of sp³-hybridized carbons (Fsp3) is 0.294. The molecule has 21 heavy (non-hydrogen) atoms. The first kappa shape index (κ1) is 15.0. The first-order valence-electron chi connectivity index (χ1n) is 6.84. The Hall–Kier alpha value is -2.36. The van der Waals surface area contributed by atoms with Crippen LogP contribution in [0.1, 0.15) is 16.7 Å². The molecule has 0 saturated carbocycles. The van der Waals surface area contributed by atoms with Crippen molar-refractivity contribution in [1.29, 1.82) is 0 Å². The van der Waals surface area contributed by atoms with Crippen molar-refractivity contribution in [3.8, 4) is 5.75 Å². The highest BCUT2D eigenvalue weighted by Crippen LogP contribution is 2.19. The van der Waals surface area contributed by atoms with E-state index in [9.17, 15) is 9.90 Å². The molecule has 0 spiro atoms. The van der Waals surface area contributed by atoms with Gasteiger partial charge in [-0.05, 0) is 48.6 Å². The quantitative estimate of drug-likeness (QED) is 0.886. The lowest BCUT2D eigenvalue weighted by molar-refractivity contribution is -0.141. The van der Waals surface area contributed by atoms with Crippen LogP contribution in [0.25, 0.3) is 0 Å². The highest BCUT2D eigenvalue weighted by Gasteiger charge is 2.19. The van der Waals surface area contributed by atoms with Gasteiger partial charge in [0.05, 0.1) is 13.0 Å². The number of aliphatic carboxylic acids is 1. The van der Waals surface area contributed by atoms with Crippen LogP contribution in [0, 0.1) is 12.8 Å². The van der Waals surface area contributed by atoms with Gasteiger partial charge in [0.15, 0.2) is 0 Å². The number of ether oxygens (including phenoxy) is 1. The molecule has 4 heteroatoms. The summed E-state index contributed by atoms with van der Waals surface area (Å²) in [4.78, 5) is 15.6. The fourth-order valence-electron chi connectivity index (χ4n) is 2.34. The van der Waals surface area contributed by atoms with Crippen molar-refractivity contribution in [3.63, 3.8) is 0 Å². The smallest absolute Gasteiger partial charge is 0.307 e. The van der Waals surface area contributed by atoms with Crippen molar-refractivity contribution in [1.82, 2.24) is 4.98 Å². The van der Waals surface area contributed by atoms with Gasteiger partial charge in [0.25, 0.3) is 0 Å². The van der Waals surface area contributed by atoms with Gasteiger partial charge in [-0.2, -0.15) is 0 Å². The molecule has 1 aromatic heterocycles. The number of rotatable bonds is 6. The molecule has 4 nitrogen and oxygen atoms in total. The van der Waals surface area contributed by atoms with Crippen LogP contribution in [0.3, 0.4) is 0 Å². The van der Waals surface area contributed by atoms with Gasteiger partial charge < -0.3 is 9.84 Å². The number of pyridine rings is 1. The van der Waals surface area contributed by atoms with Crippen LogP contribution in [-0.2, 0) is 17.6 Å². The summed E-state index contributed by atoms with van der Waals surface area (Å²) in [5.41, 5.74) is 2.95. The Morgan fingerprint density at radius 1 is 1.24 bits per heavy atom. The van der Waals surface area contributed by atoms with Gasteiger partial charge in [-0.25, -0.2) is 0 Å². The average molecular weight is 285 g/mol. The van der Waals surface area contributed by atoms with Crippen molar-refractivity contribution in [2.45, 2.75) is 19.8 Å². The lowest BCUT2D eigenvalue weighted by Crippen LogP contribution is -2.19. The minimum atomic E-state index is -0.792. The highest BCUT2D eigenvalue weighted by atomic mass is 16.5. The van der Waals surface area contributed by atoms with E-state index < -0.39 is 11.9 Å². The van der Waals surface area contributed by atoms with Crippen LogP contribution < -0.4 is 4.74 Å². The number of hydrogen-bond donors (Lipinski definition) is 1. The predicted octanol–water partition coefficient (Wildman–Crippen LogP) is 2.88. The minimum absolute atomic E-state index is 0.472. The number of benzene rings is 1. The van der Waals surface area contributed by atoms with E-state index in [0.717, 1.165) is 22.4 Å². The van der Waals surface area contributed by atoms with E-state index in [0.29, 0.717) is 12.8 Å². The summed E-state index contributed by atoms with van der Waals surface area (Å²) in [6, 6.07) is 9.51. The minimum Gasteiger partial charge on any atom is -0.497 e. The summed E-state index contributed by atoms with van der Waals surface area (Å²) in [6.07, 6.45) is 4.44. The van der Waals surface area contributed by atoms with Gasteiger partial charge in [0.1, 0.15) is 5.75 Å². The second kappa shape index (κ2) is 6.88. The Morgan fingerprint density at radius 2 is 2.00 bits per heavy atom. The summed E-state index contributed by atoms with van der Waals surface area (Å²) >= 11 is 0. The number of methoxy groups -OCH3 is 1. The molecule has 0 saturated heterocycles. The van der Waals surface area contributed by atoms with Crippen molar-refractivity contribution in [2.75, 3.05) is 7.11 Å². The summed E-state index contributed by atoms with van der Waals surface area (Å²) in [5.74, 6) is -0.520. The Bertz CT molecular complexity index is 625. The van der Waals surface area contributed by atoms with Gasteiger partial charge >= 0.3 is 5.97 Å². The number of carboxylic acids is 1. The maximum absolute atomic E-state index is 11.5. The van der Waals surface area contributed by atoms with Crippen LogP contribution >= 0.6 is 0 Å². The van der Waals surface area contributed by atoms with Gasteiger partial charge in [0.2, 0.25) is 0 Å². The third-order valence-electron chi connectivity index (χ3n) is 3.38. The number of aromatic nitrogens is 1. The molecular weight excluding hydrogens is 266 g/mol. The van der Waals surface area contributed by atoms with E-state index in [1.807, 2.05) is 37.3 Å². The van der Waals surface area contributed by atoms with Crippen molar-refractivity contribution < 1.29 is 14.6 Å². The van der Waals surface area contributed by atoms with Crippen LogP contribution in [0.2, 0.25) is 0 Å². The molecule has 0 aliphatic heterocycles. The van der Waals surface area contributed by atoms with Crippen LogP contribution in [-0.4, -0.2) is 23.2 Å². The van der Waals surface area contributed by atoms with Gasteiger partial charge in [-0.1, -0.05) is 18.2 Å². The van der Waals surface area contributed by atoms with E-state index >= 15 is 0 Å². The standard InChI is InChI=1S/C17H19NO3/c1-12-6-14(11-18-10-12)8-15(17(19)20)7-13-4-3-5-16(9-13)21-2/h3-6,9-11,15H,7-8H2,1-2H3,(H,19,20). The molecule has 0 aliphatic rings. The van der Waals surface area contributed by atoms with E-state index in [-0.39, 0.29) is 0 Å². The zero-order valence-corrected chi connectivity index (χ0v) is 12.2. The molecule has 2 rings (SSSR count). The van der Waals surface area contributed by atoms with E-state index in [2.05, 4.69) is 4.98 Å². The number of nitrogens with zero attached hydrogens (tertiary/aromatic N) is 1. The third-order valence-corrected chi connectivity index (χ3v) is 3.38. The molecule has 0 aliphatic carbocycles. The van der Waals surface area contributed by atoms with E-state index in [4.69, 9.17) is 4.74 Å². The normalized spacial score (nSPS) is 11.9. The first-order chi connectivity index (χ1) is 10.1. The molecule has 0 amide bonds. The summed E-state index contributed by atoms with van der Waals surface area (Å²) in [7, 11) is 1.60. The maximum atomic E-state index is 11.5. The summed E-state index contributed by atoms with van der Waals surface area (Å²) < 4.78 is 5.17. The zero-order chi connectivity index (χ0) is 15.2. The largest absolute Gasteiger partial charge is 0.497 e. The monoisotopic (exact) mass is 285 g/mol. The summed E-state index contributed by atoms with van der Waals surface area (Å²) in [6.45, 7) is 1.95. The number of carboxylic acid groups (broad SMARTS) is 1. The molecular formula is C17H19NO3. The first-order valence-corrected chi connectivity index (χ1v) is 6.84. The fourth-order valence-corrected chi connectivity index (χ4v) is 2.34. The van der Waals surface area contributed by atoms with E-state index in [1.54, 1.807) is 19.5 Å². The van der Waals surface area contributed by atoms with Crippen molar-refractivity contribution >= 4 is 5.97 Å². The molecule has 1 N–H and O–H groups in total. The Kier molecular flexibility index (Phi) is 4.93. The Balaban J connectivity index is 2.13. The van der Waals surface area contributed by atoms with Crippen molar-refractivity contribution in [2.24, 2.45) is 5.92 Å². The molecule has 1 atom stereocenters. The molecule has 1 heterocycles. The maximum Gasteiger partial charge on any atom is 0.307 e. The summed E-state index contributed by atoms with van der Waals surface area (Å²) in [5, 5.41) is 9.44. The molecule has 0 radical (unpaired) electrons. The number of aryl methyl sites for hydroxylation is 1. The zero-order valence-electron chi connectivity index (χ0n) is 12.2. The average Bonchev–Trinajstić information content (AvgIpc) is 2.47. The molecule has 110 valence electrons. The van der Waals surface area contributed by atoms with Gasteiger partial charge in [-0.15, -0.1) is 0 Å². The second-order valence-electron chi connectivity index (χ2n) is 5.17. The lowest BCUT2D eigenvalue weighted by Gasteiger charge is -2.13. The molecule has 1 unspecified atom stereocenters. The van der Waals surface area contributed by atoms with Gasteiger partial charge in [-0.3, -0.25) is 9.78 Å². The molecule has 0 bridgehead atoms. The topological polar surface area (TPSA) is 59.4 Å². The predicted molar refractivity (Wildman–Crippen MR) is 80.5 cm³/mol.